The molecule has 2 aromatic heterocycles. The highest BCUT2D eigenvalue weighted by molar-refractivity contribution is 9.10. The molecule has 0 amide bonds. The Hall–Kier alpha value is -1.07. The van der Waals surface area contributed by atoms with Gasteiger partial charge in [-0.3, -0.25) is 0 Å². The van der Waals surface area contributed by atoms with Crippen molar-refractivity contribution in [2.45, 2.75) is 0 Å². The molecule has 0 aliphatic rings. The quantitative estimate of drug-likeness (QED) is 0.783. The molecule has 0 saturated heterocycles. The SMILES string of the molecule is O=C([O-])c1cn2cc(Cl)cc(Br)c2n1. The molecule has 2 rings (SSSR count). The molecule has 0 aliphatic carbocycles. The number of rotatable bonds is 1. The molecule has 14 heavy (non-hydrogen) atoms. The van der Waals surface area contributed by atoms with Gasteiger partial charge in [-0.25, -0.2) is 4.98 Å². The lowest BCUT2D eigenvalue weighted by Crippen LogP contribution is -2.22. The fourth-order valence-electron chi connectivity index (χ4n) is 1.12. The number of carboxylic acid groups (broad SMARTS) is 1. The molecule has 0 N–H and O–H groups in total. The molecule has 2 aromatic rings. The van der Waals surface area contributed by atoms with Gasteiger partial charge in [-0.15, -0.1) is 0 Å². The molecule has 0 bridgehead atoms. The van der Waals surface area contributed by atoms with Crippen molar-refractivity contribution >= 4 is 39.1 Å². The summed E-state index contributed by atoms with van der Waals surface area (Å²) >= 11 is 9.00. The van der Waals surface area contributed by atoms with Crippen LogP contribution in [-0.4, -0.2) is 15.4 Å². The van der Waals surface area contributed by atoms with E-state index >= 15 is 0 Å². The van der Waals surface area contributed by atoms with Crippen molar-refractivity contribution in [2.75, 3.05) is 0 Å². The van der Waals surface area contributed by atoms with Gasteiger partial charge in [-0.1, -0.05) is 11.6 Å². The largest absolute Gasteiger partial charge is 0.543 e. The van der Waals surface area contributed by atoms with Gasteiger partial charge in [-0.05, 0) is 22.0 Å². The molecule has 4 nitrogen and oxygen atoms in total. The van der Waals surface area contributed by atoms with Crippen LogP contribution in [0, 0.1) is 0 Å². The van der Waals surface area contributed by atoms with E-state index in [0.717, 1.165) is 0 Å². The Morgan fingerprint density at radius 3 is 2.93 bits per heavy atom. The van der Waals surface area contributed by atoms with E-state index in [1.54, 1.807) is 12.3 Å². The van der Waals surface area contributed by atoms with Crippen LogP contribution in [0.1, 0.15) is 10.5 Å². The highest BCUT2D eigenvalue weighted by atomic mass is 79.9. The Bertz CT molecular complexity index is 523. The topological polar surface area (TPSA) is 57.4 Å². The summed E-state index contributed by atoms with van der Waals surface area (Å²) in [7, 11) is 0. The minimum absolute atomic E-state index is 0.118. The highest BCUT2D eigenvalue weighted by Gasteiger charge is 2.06. The van der Waals surface area contributed by atoms with Crippen LogP contribution in [-0.2, 0) is 0 Å². The number of hydrogen-bond acceptors (Lipinski definition) is 3. The van der Waals surface area contributed by atoms with E-state index in [2.05, 4.69) is 20.9 Å². The first-order valence-electron chi connectivity index (χ1n) is 3.63. The molecule has 0 spiro atoms. The van der Waals surface area contributed by atoms with E-state index in [1.165, 1.54) is 10.6 Å². The predicted molar refractivity (Wildman–Crippen MR) is 52.2 cm³/mol. The van der Waals surface area contributed by atoms with Crippen molar-refractivity contribution in [2.24, 2.45) is 0 Å². The molecule has 0 fully saturated rings. The highest BCUT2D eigenvalue weighted by Crippen LogP contribution is 2.21. The average molecular weight is 274 g/mol. The normalized spacial score (nSPS) is 10.7. The molecule has 0 radical (unpaired) electrons. The van der Waals surface area contributed by atoms with Crippen molar-refractivity contribution in [3.8, 4) is 0 Å². The van der Waals surface area contributed by atoms with E-state index < -0.39 is 5.97 Å². The van der Waals surface area contributed by atoms with Crippen LogP contribution in [0.15, 0.2) is 22.9 Å². The van der Waals surface area contributed by atoms with Crippen LogP contribution in [0.2, 0.25) is 5.02 Å². The second kappa shape index (κ2) is 3.25. The molecule has 6 heteroatoms. The molecule has 72 valence electrons. The lowest BCUT2D eigenvalue weighted by atomic mass is 10.5. The Kier molecular flexibility index (Phi) is 2.20. The maximum Gasteiger partial charge on any atom is 0.151 e. The monoisotopic (exact) mass is 273 g/mol. The minimum Gasteiger partial charge on any atom is -0.543 e. The molecular weight excluding hydrogens is 271 g/mol. The van der Waals surface area contributed by atoms with Gasteiger partial charge in [0.25, 0.3) is 0 Å². The number of aromatic nitrogens is 2. The summed E-state index contributed by atoms with van der Waals surface area (Å²) in [4.78, 5) is 14.4. The van der Waals surface area contributed by atoms with E-state index in [1.807, 2.05) is 0 Å². The van der Waals surface area contributed by atoms with Gasteiger partial charge >= 0.3 is 0 Å². The summed E-state index contributed by atoms with van der Waals surface area (Å²) in [5.41, 5.74) is 0.376. The maximum atomic E-state index is 10.5. The van der Waals surface area contributed by atoms with E-state index in [4.69, 9.17) is 11.6 Å². The Morgan fingerprint density at radius 1 is 1.57 bits per heavy atom. The summed E-state index contributed by atoms with van der Waals surface area (Å²) in [5.74, 6) is -1.31. The average Bonchev–Trinajstić information content (AvgIpc) is 2.47. The number of carbonyl (C=O) groups excluding carboxylic acids is 1. The van der Waals surface area contributed by atoms with E-state index in [-0.39, 0.29) is 5.69 Å². The summed E-state index contributed by atoms with van der Waals surface area (Å²) in [6.07, 6.45) is 2.92. The van der Waals surface area contributed by atoms with Gasteiger partial charge in [0.1, 0.15) is 5.69 Å². The fraction of sp³-hybridized carbons (Fsp3) is 0. The van der Waals surface area contributed by atoms with Gasteiger partial charge in [0.2, 0.25) is 0 Å². The standard InChI is InChI=1S/C8H4BrClN2O2/c9-5-1-4(10)2-12-3-6(8(13)14)11-7(5)12/h1-3H,(H,13,14)/p-1. The van der Waals surface area contributed by atoms with Gasteiger partial charge in [0, 0.05) is 12.4 Å². The Morgan fingerprint density at radius 2 is 2.29 bits per heavy atom. The second-order valence-corrected chi connectivity index (χ2v) is 3.94. The molecule has 2 heterocycles. The lowest BCUT2D eigenvalue weighted by Gasteiger charge is -1.96. The Balaban J connectivity index is 2.76. The number of pyridine rings is 1. The fourth-order valence-corrected chi connectivity index (χ4v) is 2.01. The summed E-state index contributed by atoms with van der Waals surface area (Å²) in [6.45, 7) is 0. The zero-order valence-electron chi connectivity index (χ0n) is 6.70. The number of carbonyl (C=O) groups is 1. The number of nitrogens with zero attached hydrogens (tertiary/aromatic N) is 2. The Labute approximate surface area is 92.3 Å². The summed E-state index contributed by atoms with van der Waals surface area (Å²) < 4.78 is 2.16. The molecular formula is C8H3BrClN2O2-. The van der Waals surface area contributed by atoms with E-state index in [9.17, 15) is 9.90 Å². The van der Waals surface area contributed by atoms with Crippen molar-refractivity contribution in [1.29, 1.82) is 0 Å². The van der Waals surface area contributed by atoms with Gasteiger partial charge in [0.15, 0.2) is 5.65 Å². The predicted octanol–water partition coefficient (Wildman–Crippen LogP) is 1.11. The number of halogens is 2. The minimum atomic E-state index is -1.31. The van der Waals surface area contributed by atoms with Crippen LogP contribution in [0.25, 0.3) is 5.65 Å². The van der Waals surface area contributed by atoms with Crippen LogP contribution in [0.5, 0.6) is 0 Å². The van der Waals surface area contributed by atoms with Crippen molar-refractivity contribution in [3.63, 3.8) is 0 Å². The van der Waals surface area contributed by atoms with Crippen LogP contribution in [0.3, 0.4) is 0 Å². The zero-order chi connectivity index (χ0) is 10.3. The number of carboxylic acids is 1. The molecule has 0 aromatic carbocycles. The summed E-state index contributed by atoms with van der Waals surface area (Å²) in [5, 5.41) is 11.0. The van der Waals surface area contributed by atoms with E-state index in [0.29, 0.717) is 15.1 Å². The summed E-state index contributed by atoms with van der Waals surface area (Å²) in [6, 6.07) is 1.64. The number of imidazole rings is 1. The molecule has 0 atom stereocenters. The third-order valence-electron chi connectivity index (χ3n) is 1.68. The third-order valence-corrected chi connectivity index (χ3v) is 2.47. The molecule has 0 aliphatic heterocycles. The molecule has 0 saturated carbocycles. The number of aromatic carboxylic acids is 1. The molecule has 0 unspecified atom stereocenters. The first-order valence-corrected chi connectivity index (χ1v) is 4.80. The first kappa shape index (κ1) is 9.48. The third kappa shape index (κ3) is 1.49. The first-order chi connectivity index (χ1) is 6.58. The maximum absolute atomic E-state index is 10.5. The van der Waals surface area contributed by atoms with Crippen LogP contribution >= 0.6 is 27.5 Å². The van der Waals surface area contributed by atoms with Crippen molar-refractivity contribution < 1.29 is 9.90 Å². The van der Waals surface area contributed by atoms with Crippen molar-refractivity contribution in [3.05, 3.63) is 33.6 Å². The van der Waals surface area contributed by atoms with Gasteiger partial charge in [0.05, 0.1) is 15.5 Å². The number of fused-ring (bicyclic) bond motifs is 1. The lowest BCUT2D eigenvalue weighted by molar-refractivity contribution is -0.255. The van der Waals surface area contributed by atoms with Gasteiger partial charge < -0.3 is 14.3 Å². The van der Waals surface area contributed by atoms with Crippen molar-refractivity contribution in [1.82, 2.24) is 9.38 Å². The smallest absolute Gasteiger partial charge is 0.151 e. The number of hydrogen-bond donors (Lipinski definition) is 0. The second-order valence-electron chi connectivity index (χ2n) is 2.65. The zero-order valence-corrected chi connectivity index (χ0v) is 9.04. The van der Waals surface area contributed by atoms with Crippen LogP contribution in [0.4, 0.5) is 0 Å². The van der Waals surface area contributed by atoms with Crippen LogP contribution < -0.4 is 5.11 Å². The van der Waals surface area contributed by atoms with Gasteiger partial charge in [-0.2, -0.15) is 0 Å².